The van der Waals surface area contributed by atoms with Crippen molar-refractivity contribution in [2.45, 2.75) is 20.8 Å². The van der Waals surface area contributed by atoms with Crippen LogP contribution >= 0.6 is 0 Å². The Labute approximate surface area is 172 Å². The second-order valence-corrected chi connectivity index (χ2v) is 8.04. The second-order valence-electron chi connectivity index (χ2n) is 8.04. The Bertz CT molecular complexity index is 1380. The molecule has 1 heterocycles. The summed E-state index contributed by atoms with van der Waals surface area (Å²) in [5.74, 6) is 0. The van der Waals surface area contributed by atoms with Crippen LogP contribution < -0.4 is 0 Å². The van der Waals surface area contributed by atoms with Crippen molar-refractivity contribution < 1.29 is 0 Å². The van der Waals surface area contributed by atoms with Gasteiger partial charge in [-0.3, -0.25) is 0 Å². The van der Waals surface area contributed by atoms with Gasteiger partial charge in [0.05, 0.1) is 0 Å². The molecule has 0 saturated carbocycles. The van der Waals surface area contributed by atoms with E-state index in [9.17, 15) is 0 Å². The molecule has 0 unspecified atom stereocenters. The van der Waals surface area contributed by atoms with Crippen molar-refractivity contribution in [1.82, 2.24) is 4.57 Å². The first-order valence-corrected chi connectivity index (χ1v) is 10.2. The fourth-order valence-corrected chi connectivity index (χ4v) is 4.79. The van der Waals surface area contributed by atoms with Gasteiger partial charge >= 0.3 is 0 Å². The van der Waals surface area contributed by atoms with Crippen LogP contribution in [0.5, 0.6) is 0 Å². The zero-order valence-electron chi connectivity index (χ0n) is 17.5. The Hall–Kier alpha value is -3.32. The van der Waals surface area contributed by atoms with Crippen LogP contribution in [0.4, 0.5) is 0 Å². The minimum atomic E-state index is 1.28. The van der Waals surface area contributed by atoms with E-state index in [1.807, 2.05) is 0 Å². The quantitative estimate of drug-likeness (QED) is 0.299. The minimum Gasteiger partial charge on any atom is -0.344 e. The molecule has 0 aliphatic carbocycles. The number of fused-ring (bicyclic) bond motifs is 3. The number of hydrogen-bond donors (Lipinski definition) is 0. The summed E-state index contributed by atoms with van der Waals surface area (Å²) >= 11 is 0. The van der Waals surface area contributed by atoms with E-state index in [2.05, 4.69) is 111 Å². The first kappa shape index (κ1) is 17.8. The third kappa shape index (κ3) is 2.61. The highest BCUT2D eigenvalue weighted by molar-refractivity contribution is 6.16. The molecule has 0 aliphatic heterocycles. The molecule has 1 nitrogen and oxygen atoms in total. The zero-order valence-corrected chi connectivity index (χ0v) is 17.5. The van der Waals surface area contributed by atoms with Crippen LogP contribution in [-0.2, 0) is 7.05 Å². The van der Waals surface area contributed by atoms with Gasteiger partial charge in [-0.2, -0.15) is 0 Å². The normalized spacial score (nSPS) is 11.4. The molecule has 5 aromatic rings. The monoisotopic (exact) mass is 375 g/mol. The number of aromatic nitrogens is 1. The van der Waals surface area contributed by atoms with Crippen LogP contribution in [-0.4, -0.2) is 4.57 Å². The van der Waals surface area contributed by atoms with Gasteiger partial charge in [0.2, 0.25) is 0 Å². The Morgan fingerprint density at radius 3 is 2.00 bits per heavy atom. The highest BCUT2D eigenvalue weighted by Crippen LogP contribution is 2.43. The number of nitrogens with zero attached hydrogens (tertiary/aromatic N) is 1. The van der Waals surface area contributed by atoms with Crippen LogP contribution in [0.3, 0.4) is 0 Å². The molecule has 0 N–H and O–H groups in total. The number of aryl methyl sites for hydroxylation is 4. The Kier molecular flexibility index (Phi) is 4.06. The maximum Gasteiger partial charge on any atom is 0.0495 e. The van der Waals surface area contributed by atoms with E-state index in [-0.39, 0.29) is 0 Å². The summed E-state index contributed by atoms with van der Waals surface area (Å²) in [5, 5.41) is 2.67. The summed E-state index contributed by atoms with van der Waals surface area (Å²) in [5.41, 5.74) is 11.8. The van der Waals surface area contributed by atoms with Gasteiger partial charge in [-0.25, -0.2) is 0 Å². The van der Waals surface area contributed by atoms with E-state index in [4.69, 9.17) is 0 Å². The largest absolute Gasteiger partial charge is 0.344 e. The summed E-state index contributed by atoms with van der Waals surface area (Å²) in [6.07, 6.45) is 0. The highest BCUT2D eigenvalue weighted by Gasteiger charge is 2.19. The first-order valence-electron chi connectivity index (χ1n) is 10.2. The van der Waals surface area contributed by atoms with Crippen molar-refractivity contribution in [1.29, 1.82) is 0 Å². The fraction of sp³-hybridized carbons (Fsp3) is 0.143. The standard InChI is InChI=1S/C28H25N/c1-18-10-5-6-12-21(18)26-19(2)11-9-14-23(26)27-20(3)16-17-25-28(27)22-13-7-8-15-24(22)29(25)4/h5-17H,1-4H3. The van der Waals surface area contributed by atoms with Crippen molar-refractivity contribution in [3.05, 3.63) is 95.6 Å². The van der Waals surface area contributed by atoms with Gasteiger partial charge in [0, 0.05) is 28.9 Å². The molecule has 0 bridgehead atoms. The third-order valence-corrected chi connectivity index (χ3v) is 6.24. The molecule has 142 valence electrons. The lowest BCUT2D eigenvalue weighted by Gasteiger charge is -2.18. The molecule has 0 saturated heterocycles. The summed E-state index contributed by atoms with van der Waals surface area (Å²) < 4.78 is 2.32. The van der Waals surface area contributed by atoms with E-state index < -0.39 is 0 Å². The van der Waals surface area contributed by atoms with Crippen molar-refractivity contribution in [2.24, 2.45) is 7.05 Å². The molecule has 0 fully saturated rings. The van der Waals surface area contributed by atoms with Gasteiger partial charge in [0.15, 0.2) is 0 Å². The fourth-order valence-electron chi connectivity index (χ4n) is 4.79. The van der Waals surface area contributed by atoms with Crippen LogP contribution in [0.1, 0.15) is 16.7 Å². The van der Waals surface area contributed by atoms with Gasteiger partial charge in [0.1, 0.15) is 0 Å². The molecule has 0 atom stereocenters. The maximum atomic E-state index is 2.32. The van der Waals surface area contributed by atoms with Gasteiger partial charge in [-0.1, -0.05) is 66.7 Å². The van der Waals surface area contributed by atoms with E-state index in [1.165, 1.54) is 60.8 Å². The molecule has 5 rings (SSSR count). The van der Waals surface area contributed by atoms with Gasteiger partial charge < -0.3 is 4.57 Å². The number of para-hydroxylation sites is 1. The summed E-state index contributed by atoms with van der Waals surface area (Å²) in [7, 11) is 2.17. The molecule has 4 aromatic carbocycles. The van der Waals surface area contributed by atoms with Crippen LogP contribution in [0.2, 0.25) is 0 Å². The van der Waals surface area contributed by atoms with Crippen molar-refractivity contribution in [2.75, 3.05) is 0 Å². The molecule has 1 aromatic heterocycles. The maximum absolute atomic E-state index is 2.32. The minimum absolute atomic E-state index is 1.28. The van der Waals surface area contributed by atoms with Crippen LogP contribution in [0.25, 0.3) is 44.1 Å². The average molecular weight is 376 g/mol. The molecule has 29 heavy (non-hydrogen) atoms. The van der Waals surface area contributed by atoms with Crippen LogP contribution in [0.15, 0.2) is 78.9 Å². The van der Waals surface area contributed by atoms with E-state index in [0.29, 0.717) is 0 Å². The lowest BCUT2D eigenvalue weighted by Crippen LogP contribution is -1.94. The average Bonchev–Trinajstić information content (AvgIpc) is 3.01. The molecule has 0 radical (unpaired) electrons. The summed E-state index contributed by atoms with van der Waals surface area (Å²) in [6.45, 7) is 6.67. The summed E-state index contributed by atoms with van der Waals surface area (Å²) in [6, 6.07) is 28.7. The Morgan fingerprint density at radius 2 is 1.17 bits per heavy atom. The van der Waals surface area contributed by atoms with Crippen LogP contribution in [0, 0.1) is 20.8 Å². The molecular weight excluding hydrogens is 350 g/mol. The molecule has 0 spiro atoms. The highest BCUT2D eigenvalue weighted by atomic mass is 14.9. The van der Waals surface area contributed by atoms with Crippen molar-refractivity contribution in [3.8, 4) is 22.3 Å². The SMILES string of the molecule is Cc1ccccc1-c1c(C)cccc1-c1c(C)ccc2c1c1ccccc1n2C. The molecule has 0 aliphatic rings. The smallest absolute Gasteiger partial charge is 0.0495 e. The topological polar surface area (TPSA) is 4.93 Å². The third-order valence-electron chi connectivity index (χ3n) is 6.24. The van der Waals surface area contributed by atoms with E-state index in [0.717, 1.165) is 0 Å². The summed E-state index contributed by atoms with van der Waals surface area (Å²) in [4.78, 5) is 0. The van der Waals surface area contributed by atoms with Gasteiger partial charge in [-0.15, -0.1) is 0 Å². The van der Waals surface area contributed by atoms with Crippen molar-refractivity contribution in [3.63, 3.8) is 0 Å². The predicted octanol–water partition coefficient (Wildman–Crippen LogP) is 7.59. The predicted molar refractivity (Wildman–Crippen MR) is 126 cm³/mol. The second kappa shape index (κ2) is 6.63. The number of benzene rings is 4. The van der Waals surface area contributed by atoms with E-state index >= 15 is 0 Å². The van der Waals surface area contributed by atoms with E-state index in [1.54, 1.807) is 0 Å². The Balaban J connectivity index is 1.97. The number of hydrogen-bond acceptors (Lipinski definition) is 0. The zero-order chi connectivity index (χ0) is 20.1. The molecule has 0 amide bonds. The first-order chi connectivity index (χ1) is 14.1. The van der Waals surface area contributed by atoms with Crippen molar-refractivity contribution >= 4 is 21.8 Å². The number of rotatable bonds is 2. The van der Waals surface area contributed by atoms with Gasteiger partial charge in [0.25, 0.3) is 0 Å². The Morgan fingerprint density at radius 1 is 0.517 bits per heavy atom. The molecule has 1 heteroatoms. The lowest BCUT2D eigenvalue weighted by atomic mass is 9.86. The van der Waals surface area contributed by atoms with Gasteiger partial charge in [-0.05, 0) is 71.8 Å². The lowest BCUT2D eigenvalue weighted by molar-refractivity contribution is 1.01. The molecular formula is C28H25N.